The van der Waals surface area contributed by atoms with E-state index in [0.717, 1.165) is 5.70 Å². The zero-order valence-electron chi connectivity index (χ0n) is 7.89. The molecule has 0 spiro atoms. The van der Waals surface area contributed by atoms with Gasteiger partial charge in [-0.25, -0.2) is 0 Å². The fourth-order valence-electron chi connectivity index (χ4n) is 0.469. The summed E-state index contributed by atoms with van der Waals surface area (Å²) in [5, 5.41) is 3.01. The third-order valence-corrected chi connectivity index (χ3v) is 1.45. The second-order valence-electron chi connectivity index (χ2n) is 3.00. The summed E-state index contributed by atoms with van der Waals surface area (Å²) in [6, 6.07) is 0.540. The summed E-state index contributed by atoms with van der Waals surface area (Å²) in [4.78, 5) is 2.12. The van der Waals surface area contributed by atoms with E-state index in [4.69, 9.17) is 0 Å². The molecule has 0 aromatic rings. The normalized spacial score (nSPS) is 10.6. The number of hydrogen-bond acceptors (Lipinski definition) is 2. The van der Waals surface area contributed by atoms with E-state index < -0.39 is 0 Å². The van der Waals surface area contributed by atoms with Crippen molar-refractivity contribution < 1.29 is 0 Å². The predicted octanol–water partition coefficient (Wildman–Crippen LogP) is 1.92. The lowest BCUT2D eigenvalue weighted by Crippen LogP contribution is -2.20. The minimum atomic E-state index is 0.540. The molecular formula is C9H18N2. The van der Waals surface area contributed by atoms with Crippen molar-refractivity contribution in [2.75, 3.05) is 7.05 Å². The zero-order chi connectivity index (χ0) is 8.85. The molecule has 0 aliphatic heterocycles. The molecule has 0 saturated carbocycles. The molecule has 1 N–H and O–H groups in total. The Hall–Kier alpha value is -0.920. The molecule has 0 amide bonds. The highest BCUT2D eigenvalue weighted by molar-refractivity contribution is 4.93. The topological polar surface area (TPSA) is 15.3 Å². The molecule has 11 heavy (non-hydrogen) atoms. The molecule has 0 fully saturated rings. The lowest BCUT2D eigenvalue weighted by molar-refractivity contribution is 0.374. The van der Waals surface area contributed by atoms with Crippen LogP contribution in [0.5, 0.6) is 0 Å². The van der Waals surface area contributed by atoms with E-state index in [9.17, 15) is 0 Å². The Bertz CT molecular complexity index is 148. The first-order valence-corrected chi connectivity index (χ1v) is 3.84. The van der Waals surface area contributed by atoms with Gasteiger partial charge in [0.1, 0.15) is 0 Å². The molecule has 0 atom stereocenters. The van der Waals surface area contributed by atoms with E-state index in [1.807, 2.05) is 26.4 Å². The Labute approximate surface area is 69.6 Å². The lowest BCUT2D eigenvalue weighted by atomic mass is 10.4. The highest BCUT2D eigenvalue weighted by atomic mass is 15.1. The van der Waals surface area contributed by atoms with Crippen molar-refractivity contribution in [2.45, 2.75) is 26.8 Å². The summed E-state index contributed by atoms with van der Waals surface area (Å²) in [6.07, 6.45) is 3.89. The van der Waals surface area contributed by atoms with E-state index in [2.05, 4.69) is 30.6 Å². The monoisotopic (exact) mass is 154 g/mol. The molecular weight excluding hydrogens is 136 g/mol. The maximum atomic E-state index is 3.72. The average molecular weight is 154 g/mol. The van der Waals surface area contributed by atoms with Gasteiger partial charge in [-0.15, -0.1) is 0 Å². The molecule has 0 radical (unpaired) electrons. The third-order valence-electron chi connectivity index (χ3n) is 1.45. The van der Waals surface area contributed by atoms with Gasteiger partial charge < -0.3 is 10.2 Å². The number of hydrogen-bond donors (Lipinski definition) is 1. The van der Waals surface area contributed by atoms with Gasteiger partial charge in [0.2, 0.25) is 0 Å². The highest BCUT2D eigenvalue weighted by Gasteiger charge is 1.93. The van der Waals surface area contributed by atoms with E-state index in [1.165, 1.54) is 0 Å². The largest absolute Gasteiger partial charge is 0.377 e. The summed E-state index contributed by atoms with van der Waals surface area (Å²) in [6.45, 7) is 9.93. The standard InChI is InChI=1S/C9H18N2/c1-8(2)10-6-7-11(5)9(3)4/h6-7,9-10H,1H2,2-5H3/b7-6-. The Kier molecular flexibility index (Phi) is 4.42. The maximum absolute atomic E-state index is 3.72. The Morgan fingerprint density at radius 3 is 2.45 bits per heavy atom. The van der Waals surface area contributed by atoms with Crippen LogP contribution in [0.3, 0.4) is 0 Å². The number of nitrogens with one attached hydrogen (secondary N) is 1. The Morgan fingerprint density at radius 2 is 2.09 bits per heavy atom. The van der Waals surface area contributed by atoms with Gasteiger partial charge in [-0.05, 0) is 20.8 Å². The van der Waals surface area contributed by atoms with Crippen molar-refractivity contribution in [2.24, 2.45) is 0 Å². The van der Waals surface area contributed by atoms with Crippen molar-refractivity contribution in [3.8, 4) is 0 Å². The molecule has 0 aromatic heterocycles. The Morgan fingerprint density at radius 1 is 1.55 bits per heavy atom. The van der Waals surface area contributed by atoms with Gasteiger partial charge in [-0.2, -0.15) is 0 Å². The molecule has 0 aliphatic rings. The van der Waals surface area contributed by atoms with Crippen LogP contribution < -0.4 is 5.32 Å². The molecule has 64 valence electrons. The molecule has 2 heteroatoms. The Balaban J connectivity index is 3.65. The van der Waals surface area contributed by atoms with Crippen LogP contribution in [0.2, 0.25) is 0 Å². The summed E-state index contributed by atoms with van der Waals surface area (Å²) >= 11 is 0. The van der Waals surface area contributed by atoms with Crippen LogP contribution in [0.25, 0.3) is 0 Å². The first-order valence-electron chi connectivity index (χ1n) is 3.84. The summed E-state index contributed by atoms with van der Waals surface area (Å²) < 4.78 is 0. The van der Waals surface area contributed by atoms with Gasteiger partial charge >= 0.3 is 0 Å². The maximum Gasteiger partial charge on any atom is 0.0225 e. The van der Waals surface area contributed by atoms with Crippen LogP contribution in [-0.2, 0) is 0 Å². The quantitative estimate of drug-likeness (QED) is 0.665. The molecule has 0 aromatic carbocycles. The van der Waals surface area contributed by atoms with Crippen molar-refractivity contribution in [1.29, 1.82) is 0 Å². The predicted molar refractivity (Wildman–Crippen MR) is 50.0 cm³/mol. The van der Waals surface area contributed by atoms with Gasteiger partial charge in [0, 0.05) is 31.2 Å². The van der Waals surface area contributed by atoms with Crippen LogP contribution >= 0.6 is 0 Å². The first kappa shape index (κ1) is 10.1. The van der Waals surface area contributed by atoms with Crippen LogP contribution in [0, 0.1) is 0 Å². The molecule has 0 aliphatic carbocycles. The number of rotatable bonds is 4. The van der Waals surface area contributed by atoms with Crippen molar-refractivity contribution in [1.82, 2.24) is 10.2 Å². The minimum Gasteiger partial charge on any atom is -0.377 e. The molecule has 0 heterocycles. The van der Waals surface area contributed by atoms with Crippen LogP contribution in [0.1, 0.15) is 20.8 Å². The van der Waals surface area contributed by atoms with Crippen LogP contribution in [0.15, 0.2) is 24.7 Å². The van der Waals surface area contributed by atoms with Gasteiger partial charge in [0.15, 0.2) is 0 Å². The van der Waals surface area contributed by atoms with Gasteiger partial charge in [-0.3, -0.25) is 0 Å². The average Bonchev–Trinajstić information content (AvgIpc) is 1.86. The third kappa shape index (κ3) is 5.52. The van der Waals surface area contributed by atoms with Gasteiger partial charge in [-0.1, -0.05) is 6.58 Å². The molecule has 0 unspecified atom stereocenters. The molecule has 0 bridgehead atoms. The zero-order valence-corrected chi connectivity index (χ0v) is 7.89. The van der Waals surface area contributed by atoms with Crippen molar-refractivity contribution in [3.63, 3.8) is 0 Å². The fraction of sp³-hybridized carbons (Fsp3) is 0.556. The summed E-state index contributed by atoms with van der Waals surface area (Å²) in [7, 11) is 2.04. The molecule has 0 saturated heterocycles. The lowest BCUT2D eigenvalue weighted by Gasteiger charge is -2.18. The molecule has 2 nitrogen and oxygen atoms in total. The van der Waals surface area contributed by atoms with Gasteiger partial charge in [0.05, 0.1) is 0 Å². The second-order valence-corrected chi connectivity index (χ2v) is 3.00. The summed E-state index contributed by atoms with van der Waals surface area (Å²) in [5.74, 6) is 0. The van der Waals surface area contributed by atoms with E-state index in [-0.39, 0.29) is 0 Å². The minimum absolute atomic E-state index is 0.540. The number of nitrogens with zero attached hydrogens (tertiary/aromatic N) is 1. The van der Waals surface area contributed by atoms with E-state index in [1.54, 1.807) is 0 Å². The van der Waals surface area contributed by atoms with Crippen molar-refractivity contribution in [3.05, 3.63) is 24.7 Å². The smallest absolute Gasteiger partial charge is 0.0225 e. The summed E-state index contributed by atoms with van der Waals surface area (Å²) in [5.41, 5.74) is 0.957. The van der Waals surface area contributed by atoms with E-state index >= 15 is 0 Å². The highest BCUT2D eigenvalue weighted by Crippen LogP contribution is 1.92. The fourth-order valence-corrected chi connectivity index (χ4v) is 0.469. The van der Waals surface area contributed by atoms with Gasteiger partial charge in [0.25, 0.3) is 0 Å². The van der Waals surface area contributed by atoms with E-state index in [0.29, 0.717) is 6.04 Å². The SMILES string of the molecule is C=C(C)N/C=C\N(C)C(C)C. The number of allylic oxidation sites excluding steroid dienone is 1. The van der Waals surface area contributed by atoms with Crippen LogP contribution in [0.4, 0.5) is 0 Å². The molecule has 0 rings (SSSR count). The second kappa shape index (κ2) is 4.83. The first-order chi connectivity index (χ1) is 5.04. The van der Waals surface area contributed by atoms with Crippen LogP contribution in [-0.4, -0.2) is 18.0 Å². The van der Waals surface area contributed by atoms with Crippen molar-refractivity contribution >= 4 is 0 Å².